The van der Waals surface area contributed by atoms with Crippen LogP contribution in [-0.4, -0.2) is 276 Å². The number of amides is 13. The number of cyclic esters (lactones) is 1. The third kappa shape index (κ3) is 31.7. The first-order chi connectivity index (χ1) is 51.7. The van der Waals surface area contributed by atoms with Crippen molar-refractivity contribution in [2.45, 2.75) is 198 Å². The lowest BCUT2D eigenvalue weighted by atomic mass is 9.96. The van der Waals surface area contributed by atoms with Gasteiger partial charge < -0.3 is 114 Å². The third-order valence-corrected chi connectivity index (χ3v) is 17.7. The minimum Gasteiger partial charge on any atom is -0.508 e. The van der Waals surface area contributed by atoms with Crippen LogP contribution < -0.4 is 58.5 Å². The number of carbonyl (C=O) groups is 19. The number of fused-ring (bicyclic) bond motifs is 1. The fourth-order valence-corrected chi connectivity index (χ4v) is 10.9. The van der Waals surface area contributed by atoms with Gasteiger partial charge in [-0.3, -0.25) is 81.5 Å². The molecule has 0 aromatic heterocycles. The van der Waals surface area contributed by atoms with Crippen molar-refractivity contribution in [2.24, 2.45) is 17.8 Å². The molecule has 3 rings (SSSR count). The van der Waals surface area contributed by atoms with Crippen molar-refractivity contribution in [2.75, 3.05) is 39.8 Å². The molecule has 0 aliphatic carbocycles. The van der Waals surface area contributed by atoms with Gasteiger partial charge in [-0.05, 0) is 75.0 Å². The SMILES string of the molecule is CCC(C)CC/C=C/C=C\C(=O)NC[C@@H](C)C(=O)NCC(=O)N[C@H](CCC(=O)O)C(=O)N[C@@H](Cc1ccc(O)cc1)C(=O)N[C@@H]1C(=O)N[C@H]([C@H](C)CC)C(=O)N[C@@H](CC(=O)O)C(=O)N[C@@H]([C@@H](O)C(=O)O)C(=O)N2CCC[C@H]2C(=O)NCC(=O)N[C@H](CCC(=O)O)C(=O)N[C@@H](C[C@@H](O)C(=O)O)C(=O)N(C)CC(=O)O[C@@H]1C. The van der Waals surface area contributed by atoms with E-state index in [0.29, 0.717) is 15.7 Å². The van der Waals surface area contributed by atoms with E-state index >= 15 is 9.59 Å². The molecule has 0 radical (unpaired) electrons. The van der Waals surface area contributed by atoms with E-state index in [0.717, 1.165) is 45.4 Å². The van der Waals surface area contributed by atoms with Gasteiger partial charge in [-0.15, -0.1) is 0 Å². The molecular formula is C69H99N13O28. The zero-order valence-electron chi connectivity index (χ0n) is 61.6. The second kappa shape index (κ2) is 45.9. The van der Waals surface area contributed by atoms with Crippen LogP contribution in [0.25, 0.3) is 0 Å². The van der Waals surface area contributed by atoms with Gasteiger partial charge in [-0.25, -0.2) is 9.59 Å². The summed E-state index contributed by atoms with van der Waals surface area (Å²) in [6.07, 6.45) is -4.80. The monoisotopic (exact) mass is 1560 g/mol. The number of aliphatic hydroxyl groups is 2. The molecule has 0 bridgehead atoms. The summed E-state index contributed by atoms with van der Waals surface area (Å²) in [5, 5.41) is 105. The van der Waals surface area contributed by atoms with Crippen molar-refractivity contribution in [3.8, 4) is 5.75 Å². The maximum Gasteiger partial charge on any atom is 0.335 e. The minimum atomic E-state index is -2.87. The van der Waals surface area contributed by atoms with E-state index in [-0.39, 0.29) is 43.7 Å². The molecule has 0 saturated carbocycles. The van der Waals surface area contributed by atoms with Crippen molar-refractivity contribution < 1.29 is 137 Å². The Morgan fingerprint density at radius 1 is 0.664 bits per heavy atom. The Kier molecular flexibility index (Phi) is 38.6. The Hall–Kier alpha value is -11.6. The second-order valence-electron chi connectivity index (χ2n) is 26.5. The largest absolute Gasteiger partial charge is 0.508 e. The highest BCUT2D eigenvalue weighted by Gasteiger charge is 2.45. The van der Waals surface area contributed by atoms with Gasteiger partial charge in [0.05, 0.1) is 25.4 Å². The summed E-state index contributed by atoms with van der Waals surface area (Å²) in [6, 6.07) is -13.9. The van der Waals surface area contributed by atoms with Gasteiger partial charge in [-0.2, -0.15) is 0 Å². The number of ether oxygens (including phenoxy) is 1. The number of aliphatic carboxylic acids is 5. The summed E-state index contributed by atoms with van der Waals surface area (Å²) in [6.45, 7) is 5.72. The topological polar surface area (TPSA) is 634 Å². The molecule has 41 heteroatoms. The van der Waals surface area contributed by atoms with E-state index in [1.807, 2.05) is 11.4 Å². The fourth-order valence-electron chi connectivity index (χ4n) is 10.9. The summed E-state index contributed by atoms with van der Waals surface area (Å²) in [7, 11) is 0.886. The van der Waals surface area contributed by atoms with Crippen LogP contribution in [0.5, 0.6) is 5.75 Å². The van der Waals surface area contributed by atoms with Crippen LogP contribution in [0.2, 0.25) is 0 Å². The number of nitrogens with zero attached hydrogens (tertiary/aromatic N) is 2. The van der Waals surface area contributed by atoms with E-state index in [4.69, 9.17) is 4.74 Å². The molecule has 19 N–H and O–H groups in total. The Morgan fingerprint density at radius 3 is 1.91 bits per heavy atom. The molecule has 41 nitrogen and oxygen atoms in total. The Morgan fingerprint density at radius 2 is 1.30 bits per heavy atom. The third-order valence-electron chi connectivity index (χ3n) is 17.7. The normalized spacial score (nSPS) is 22.3. The van der Waals surface area contributed by atoms with Crippen molar-refractivity contribution in [1.29, 1.82) is 0 Å². The molecule has 1 aromatic rings. The molecule has 0 spiro atoms. The average Bonchev–Trinajstić information content (AvgIpc) is 1.56. The van der Waals surface area contributed by atoms with Gasteiger partial charge in [0.25, 0.3) is 0 Å². The standard InChI is InChI=1S/C69H99N13O28/c1-8-34(3)15-12-10-11-13-17-47(85)70-30-36(5)58(96)71-31-48(86)73-40(22-24-50(88)89)59(97)75-42(27-38-18-20-39(83)21-19-38)61(99)79-55-37(6)110-53(94)33-81(7)66(104)44(28-46(84)68(106)107)77-60(98)41(23-25-51(90)91)74-49(87)32-72-63(101)45-16-14-26-82(45)67(105)56(57(95)69(108)109)80-62(100)43(29-52(92)93)76-64(102)54(35(4)9-2)78-65(55)103/h10-11,13,17-21,34-37,40-46,54-57,83-84,95H,8-9,12,14-16,22-33H2,1-7H3,(H,70,85)(H,71,96)(H,72,101)(H,73,86)(H,74,87)(H,75,97)(H,76,102)(H,77,98)(H,78,103)(H,79,99)(H,80,100)(H,88,89)(H,90,91)(H,92,93)(H,106,107)(H,108,109)/b11-10+,17-13-/t34?,35-,36-,37-,40-,41-,42+,43+,44+,45+,46-,54-,55+,56+,57-/m1/s1. The first kappa shape index (κ1) is 92.6. The number of hydrogen-bond donors (Lipinski definition) is 19. The summed E-state index contributed by atoms with van der Waals surface area (Å²) < 4.78 is 5.59. The number of carboxylic acids is 5. The number of phenolic OH excluding ortho intramolecular Hbond substituents is 1. The van der Waals surface area contributed by atoms with Crippen LogP contribution >= 0.6 is 0 Å². The zero-order chi connectivity index (χ0) is 82.8. The minimum absolute atomic E-state index is 0.0194. The number of allylic oxidation sites excluding steroid dienone is 3. The van der Waals surface area contributed by atoms with E-state index in [9.17, 15) is 122 Å². The highest BCUT2D eigenvalue weighted by molar-refractivity contribution is 6.01. The van der Waals surface area contributed by atoms with Crippen LogP contribution in [0.3, 0.4) is 0 Å². The van der Waals surface area contributed by atoms with Crippen LogP contribution in [-0.2, 0) is 102 Å². The Bertz CT molecular complexity index is 3570. The number of nitrogens with one attached hydrogen (secondary N) is 11. The van der Waals surface area contributed by atoms with Gasteiger partial charge in [0.2, 0.25) is 76.8 Å². The molecule has 2 heterocycles. The van der Waals surface area contributed by atoms with Crippen molar-refractivity contribution in [3.63, 3.8) is 0 Å². The van der Waals surface area contributed by atoms with E-state index in [1.54, 1.807) is 6.08 Å². The number of esters is 1. The number of carboxylic acid groups (broad SMARTS) is 5. The van der Waals surface area contributed by atoms with Crippen molar-refractivity contribution in [1.82, 2.24) is 68.3 Å². The number of aliphatic hydroxyl groups excluding tert-OH is 2. The second-order valence-corrected chi connectivity index (χ2v) is 26.5. The number of hydrogen-bond acceptors (Lipinski definition) is 23. The lowest BCUT2D eigenvalue weighted by Crippen LogP contribution is -2.64. The quantitative estimate of drug-likeness (QED) is 0.0177. The lowest BCUT2D eigenvalue weighted by Gasteiger charge is -2.32. The summed E-state index contributed by atoms with van der Waals surface area (Å²) >= 11 is 0. The predicted molar refractivity (Wildman–Crippen MR) is 378 cm³/mol. The maximum absolute atomic E-state index is 15.1. The van der Waals surface area contributed by atoms with E-state index in [1.165, 1.54) is 45.1 Å². The first-order valence-corrected chi connectivity index (χ1v) is 35.3. The van der Waals surface area contributed by atoms with Crippen molar-refractivity contribution in [3.05, 3.63) is 54.1 Å². The molecule has 15 atom stereocenters. The van der Waals surface area contributed by atoms with Crippen LogP contribution in [0, 0.1) is 17.8 Å². The molecule has 1 unspecified atom stereocenters. The zero-order valence-corrected chi connectivity index (χ0v) is 61.6. The number of rotatable bonds is 33. The number of benzene rings is 1. The van der Waals surface area contributed by atoms with Crippen LogP contribution in [0.1, 0.15) is 124 Å². The summed E-state index contributed by atoms with van der Waals surface area (Å²) in [4.78, 5) is 258. The van der Waals surface area contributed by atoms with Gasteiger partial charge >= 0.3 is 35.8 Å². The molecule has 1 aromatic carbocycles. The number of aromatic hydroxyl groups is 1. The van der Waals surface area contributed by atoms with Gasteiger partial charge in [0.15, 0.2) is 12.2 Å². The summed E-state index contributed by atoms with van der Waals surface area (Å²) in [5.41, 5.74) is 0.144. The Balaban J connectivity index is 2.22. The predicted octanol–water partition coefficient (Wildman–Crippen LogP) is -5.34. The van der Waals surface area contributed by atoms with E-state index < -0.39 is 262 Å². The number of likely N-dealkylation sites (N-methyl/N-ethyl adjacent to an activating group) is 1. The molecule has 2 aliphatic rings. The Labute approximate surface area is 630 Å². The fraction of sp³-hybridized carbons (Fsp3) is 0.580. The van der Waals surface area contributed by atoms with Crippen molar-refractivity contribution >= 4 is 113 Å². The molecule has 13 amide bonds. The van der Waals surface area contributed by atoms with Crippen LogP contribution in [0.4, 0.5) is 0 Å². The highest BCUT2D eigenvalue weighted by atomic mass is 16.5. The highest BCUT2D eigenvalue weighted by Crippen LogP contribution is 2.21. The average molecular weight is 1560 g/mol. The molecule has 608 valence electrons. The van der Waals surface area contributed by atoms with Crippen LogP contribution in [0.15, 0.2) is 48.6 Å². The van der Waals surface area contributed by atoms with Gasteiger partial charge in [0.1, 0.15) is 72.8 Å². The number of phenols is 1. The molecule has 2 fully saturated rings. The smallest absolute Gasteiger partial charge is 0.335 e. The van der Waals surface area contributed by atoms with Gasteiger partial charge in [0, 0.05) is 51.9 Å². The van der Waals surface area contributed by atoms with Gasteiger partial charge in [-0.1, -0.05) is 77.8 Å². The maximum atomic E-state index is 15.1. The molecular weight excluding hydrogens is 1460 g/mol. The molecule has 110 heavy (non-hydrogen) atoms. The lowest BCUT2D eigenvalue weighted by molar-refractivity contribution is -0.157. The number of carbonyl (C=O) groups excluding carboxylic acids is 14. The molecule has 2 aliphatic heterocycles. The first-order valence-electron chi connectivity index (χ1n) is 35.3. The molecule has 2 saturated heterocycles. The summed E-state index contributed by atoms with van der Waals surface area (Å²) in [5.74, 6) is -28.5. The van der Waals surface area contributed by atoms with E-state index in [2.05, 4.69) is 67.0 Å².